The maximum absolute atomic E-state index is 12.7. The molecule has 0 saturated carbocycles. The van der Waals surface area contributed by atoms with E-state index in [1.54, 1.807) is 11.6 Å². The molecule has 21 heavy (non-hydrogen) atoms. The predicted molar refractivity (Wildman–Crippen MR) is 74.1 cm³/mol. The second-order valence-electron chi connectivity index (χ2n) is 4.26. The van der Waals surface area contributed by atoms with Gasteiger partial charge in [-0.1, -0.05) is 6.07 Å². The fourth-order valence-corrected chi connectivity index (χ4v) is 2.49. The minimum atomic E-state index is -4.40. The van der Waals surface area contributed by atoms with Gasteiger partial charge in [-0.25, -0.2) is 9.67 Å². The van der Waals surface area contributed by atoms with Gasteiger partial charge in [0, 0.05) is 11.6 Å². The molecule has 0 fully saturated rings. The summed E-state index contributed by atoms with van der Waals surface area (Å²) in [6.45, 7) is 0. The molecule has 3 aromatic rings. The number of thiazole rings is 1. The van der Waals surface area contributed by atoms with E-state index in [1.807, 2.05) is 0 Å². The molecule has 0 radical (unpaired) electrons. The highest BCUT2D eigenvalue weighted by Gasteiger charge is 2.30. The van der Waals surface area contributed by atoms with Crippen molar-refractivity contribution in [2.75, 3.05) is 5.73 Å². The summed E-state index contributed by atoms with van der Waals surface area (Å²) in [6, 6.07) is 4.91. The van der Waals surface area contributed by atoms with Crippen molar-refractivity contribution in [1.82, 2.24) is 14.8 Å². The monoisotopic (exact) mass is 310 g/mol. The SMILES string of the molecule is Nc1cn(-c2cccc(C(F)(F)F)c2)nc1-c1nccs1. The third kappa shape index (κ3) is 2.62. The Bertz CT molecular complexity index is 762. The van der Waals surface area contributed by atoms with Crippen LogP contribution in [0.4, 0.5) is 18.9 Å². The maximum Gasteiger partial charge on any atom is 0.416 e. The number of halogens is 3. The molecule has 0 atom stereocenters. The van der Waals surface area contributed by atoms with Crippen LogP contribution in [0.15, 0.2) is 42.0 Å². The van der Waals surface area contributed by atoms with Gasteiger partial charge in [-0.15, -0.1) is 11.3 Å². The van der Waals surface area contributed by atoms with Crippen LogP contribution in [0.1, 0.15) is 5.56 Å². The van der Waals surface area contributed by atoms with Crippen molar-refractivity contribution in [3.63, 3.8) is 0 Å². The predicted octanol–water partition coefficient (Wildman–Crippen LogP) is 3.60. The third-order valence-electron chi connectivity index (χ3n) is 2.82. The highest BCUT2D eigenvalue weighted by molar-refractivity contribution is 7.13. The summed E-state index contributed by atoms with van der Waals surface area (Å²) in [6.07, 6.45) is -1.30. The first-order valence-electron chi connectivity index (χ1n) is 5.88. The van der Waals surface area contributed by atoms with E-state index in [4.69, 9.17) is 5.73 Å². The van der Waals surface area contributed by atoms with Crippen molar-refractivity contribution in [3.8, 4) is 16.4 Å². The lowest BCUT2D eigenvalue weighted by Gasteiger charge is -2.08. The zero-order valence-electron chi connectivity index (χ0n) is 10.5. The van der Waals surface area contributed by atoms with E-state index >= 15 is 0 Å². The van der Waals surface area contributed by atoms with Crippen LogP contribution in [-0.4, -0.2) is 14.8 Å². The molecule has 0 aliphatic rings. The number of hydrogen-bond acceptors (Lipinski definition) is 4. The molecule has 0 aliphatic heterocycles. The Morgan fingerprint density at radius 2 is 2.05 bits per heavy atom. The summed E-state index contributed by atoms with van der Waals surface area (Å²) in [7, 11) is 0. The number of aromatic nitrogens is 3. The van der Waals surface area contributed by atoms with Gasteiger partial charge in [0.15, 0.2) is 0 Å². The molecule has 4 nitrogen and oxygen atoms in total. The number of alkyl halides is 3. The Kier molecular flexibility index (Phi) is 3.17. The average Bonchev–Trinajstić information content (AvgIpc) is 3.07. The molecule has 108 valence electrons. The number of anilines is 1. The van der Waals surface area contributed by atoms with Crippen molar-refractivity contribution in [1.29, 1.82) is 0 Å². The van der Waals surface area contributed by atoms with Crippen LogP contribution in [0.25, 0.3) is 16.4 Å². The summed E-state index contributed by atoms with van der Waals surface area (Å²) in [5, 5.41) is 6.62. The van der Waals surface area contributed by atoms with E-state index < -0.39 is 11.7 Å². The number of nitrogen functional groups attached to an aromatic ring is 1. The topological polar surface area (TPSA) is 56.7 Å². The average molecular weight is 310 g/mol. The van der Waals surface area contributed by atoms with Crippen molar-refractivity contribution < 1.29 is 13.2 Å². The van der Waals surface area contributed by atoms with Crippen LogP contribution in [0.2, 0.25) is 0 Å². The summed E-state index contributed by atoms with van der Waals surface area (Å²) in [5.74, 6) is 0. The molecule has 2 heterocycles. The molecule has 8 heteroatoms. The fraction of sp³-hybridized carbons (Fsp3) is 0.0769. The minimum Gasteiger partial charge on any atom is -0.396 e. The summed E-state index contributed by atoms with van der Waals surface area (Å²) in [5.41, 5.74) is 6.24. The molecule has 0 saturated heterocycles. The van der Waals surface area contributed by atoms with Gasteiger partial charge >= 0.3 is 6.18 Å². The quantitative estimate of drug-likeness (QED) is 0.787. The summed E-state index contributed by atoms with van der Waals surface area (Å²) < 4.78 is 39.5. The zero-order chi connectivity index (χ0) is 15.0. The molecule has 0 aliphatic carbocycles. The number of nitrogens with zero attached hydrogens (tertiary/aromatic N) is 3. The Morgan fingerprint density at radius 1 is 1.24 bits per heavy atom. The molecule has 2 aromatic heterocycles. The molecule has 2 N–H and O–H groups in total. The van der Waals surface area contributed by atoms with Gasteiger partial charge in [0.05, 0.1) is 23.1 Å². The van der Waals surface area contributed by atoms with Gasteiger partial charge in [-0.2, -0.15) is 18.3 Å². The molecule has 0 amide bonds. The first-order valence-corrected chi connectivity index (χ1v) is 6.76. The van der Waals surface area contributed by atoms with Gasteiger partial charge in [0.2, 0.25) is 0 Å². The van der Waals surface area contributed by atoms with Crippen molar-refractivity contribution >= 4 is 17.0 Å². The summed E-state index contributed by atoms with van der Waals surface area (Å²) >= 11 is 1.36. The van der Waals surface area contributed by atoms with Gasteiger partial charge < -0.3 is 5.73 Å². The number of hydrogen-bond donors (Lipinski definition) is 1. The first kappa shape index (κ1) is 13.6. The van der Waals surface area contributed by atoms with Crippen LogP contribution in [0, 0.1) is 0 Å². The first-order chi connectivity index (χ1) is 9.95. The van der Waals surface area contributed by atoms with E-state index in [0.717, 1.165) is 12.1 Å². The third-order valence-corrected chi connectivity index (χ3v) is 3.60. The molecule has 3 rings (SSSR count). The Morgan fingerprint density at radius 3 is 2.71 bits per heavy atom. The highest BCUT2D eigenvalue weighted by Crippen LogP contribution is 2.31. The maximum atomic E-state index is 12.7. The molecule has 1 aromatic carbocycles. The normalized spacial score (nSPS) is 11.8. The highest BCUT2D eigenvalue weighted by atomic mass is 32.1. The van der Waals surface area contributed by atoms with E-state index in [0.29, 0.717) is 22.1 Å². The van der Waals surface area contributed by atoms with Gasteiger partial charge in [0.25, 0.3) is 0 Å². The second-order valence-corrected chi connectivity index (χ2v) is 5.16. The molecular weight excluding hydrogens is 301 g/mol. The second kappa shape index (κ2) is 4.88. The van der Waals surface area contributed by atoms with E-state index in [2.05, 4.69) is 10.1 Å². The lowest BCUT2D eigenvalue weighted by Crippen LogP contribution is -2.06. The molecular formula is C13H9F3N4S. The van der Waals surface area contributed by atoms with Crippen molar-refractivity contribution in [2.24, 2.45) is 0 Å². The van der Waals surface area contributed by atoms with Crippen LogP contribution >= 0.6 is 11.3 Å². The molecule has 0 spiro atoms. The van der Waals surface area contributed by atoms with E-state index in [9.17, 15) is 13.2 Å². The largest absolute Gasteiger partial charge is 0.416 e. The van der Waals surface area contributed by atoms with Gasteiger partial charge in [-0.3, -0.25) is 0 Å². The lowest BCUT2D eigenvalue weighted by molar-refractivity contribution is -0.137. The standard InChI is InChI=1S/C13H9F3N4S/c14-13(15,16)8-2-1-3-9(6-8)20-7-10(17)11(19-20)12-18-4-5-21-12/h1-7H,17H2. The molecule has 0 bridgehead atoms. The minimum absolute atomic E-state index is 0.291. The smallest absolute Gasteiger partial charge is 0.396 e. The van der Waals surface area contributed by atoms with Crippen LogP contribution in [-0.2, 0) is 6.18 Å². The Balaban J connectivity index is 2.04. The van der Waals surface area contributed by atoms with Crippen molar-refractivity contribution in [2.45, 2.75) is 6.18 Å². The van der Waals surface area contributed by atoms with Gasteiger partial charge in [0.1, 0.15) is 10.7 Å². The fourth-order valence-electron chi connectivity index (χ4n) is 1.85. The Labute approximate surface area is 121 Å². The number of rotatable bonds is 2. The van der Waals surface area contributed by atoms with Gasteiger partial charge in [-0.05, 0) is 18.2 Å². The summed E-state index contributed by atoms with van der Waals surface area (Å²) in [4.78, 5) is 4.09. The van der Waals surface area contributed by atoms with E-state index in [-0.39, 0.29) is 0 Å². The number of benzene rings is 1. The molecule has 0 unspecified atom stereocenters. The lowest BCUT2D eigenvalue weighted by atomic mass is 10.2. The Hall–Kier alpha value is -2.35. The number of nitrogens with two attached hydrogens (primary N) is 1. The van der Waals surface area contributed by atoms with E-state index in [1.165, 1.54) is 34.3 Å². The van der Waals surface area contributed by atoms with Crippen LogP contribution < -0.4 is 5.73 Å². The van der Waals surface area contributed by atoms with Crippen LogP contribution in [0.5, 0.6) is 0 Å². The van der Waals surface area contributed by atoms with Crippen LogP contribution in [0.3, 0.4) is 0 Å². The van der Waals surface area contributed by atoms with Crippen molar-refractivity contribution in [3.05, 3.63) is 47.6 Å². The zero-order valence-corrected chi connectivity index (χ0v) is 11.3.